The standard InChI is InChI=1S/C30H33FN2O7/c1-3-4-8-25(36)33(11-9-18-6-5-7-20(31)13-18)23-16-22(30(38)32-10-12-34)26-21-14-19(17-35)15-24(39-2)28(21)40-29(26)27(23)37/h3,5-7,13-17,23,26-27,29,34,37H,1,4,8-12H2,2H3,(H,32,38)/t23-,26+,27+,29+/m1/s1. The number of nitrogens with one attached hydrogen (secondary N) is 1. The topological polar surface area (TPSA) is 125 Å². The molecule has 40 heavy (non-hydrogen) atoms. The van der Waals surface area contributed by atoms with Crippen molar-refractivity contribution in [1.82, 2.24) is 10.2 Å². The third-order valence-corrected chi connectivity index (χ3v) is 7.18. The zero-order valence-electron chi connectivity index (χ0n) is 22.2. The van der Waals surface area contributed by atoms with E-state index in [-0.39, 0.29) is 43.3 Å². The molecule has 212 valence electrons. The molecule has 0 fully saturated rings. The van der Waals surface area contributed by atoms with Crippen LogP contribution in [0.25, 0.3) is 0 Å². The lowest BCUT2D eigenvalue weighted by Crippen LogP contribution is -2.56. The number of halogens is 1. The average molecular weight is 553 g/mol. The third kappa shape index (κ3) is 5.93. The number of allylic oxidation sites excluding steroid dienone is 1. The van der Waals surface area contributed by atoms with E-state index in [0.29, 0.717) is 41.6 Å². The lowest BCUT2D eigenvalue weighted by atomic mass is 9.77. The van der Waals surface area contributed by atoms with Gasteiger partial charge in [-0.25, -0.2) is 4.39 Å². The van der Waals surface area contributed by atoms with Gasteiger partial charge in [-0.1, -0.05) is 18.2 Å². The van der Waals surface area contributed by atoms with Crippen LogP contribution in [0, 0.1) is 5.82 Å². The molecular weight excluding hydrogens is 519 g/mol. The molecular formula is C30H33FN2O7. The Morgan fingerprint density at radius 3 is 2.75 bits per heavy atom. The van der Waals surface area contributed by atoms with E-state index in [1.165, 1.54) is 30.2 Å². The molecule has 2 aliphatic rings. The molecule has 4 atom stereocenters. The number of nitrogens with zero attached hydrogens (tertiary/aromatic N) is 1. The maximum Gasteiger partial charge on any atom is 0.247 e. The SMILES string of the molecule is C=CCCC(=O)N(CCc1cccc(F)c1)[C@@H]1C=C(C(=O)NCCO)[C@@H]2c3cc(C=O)cc(OC)c3O[C@@H]2[C@H]1O. The summed E-state index contributed by atoms with van der Waals surface area (Å²) in [5.41, 5.74) is 1.71. The molecule has 1 aliphatic carbocycles. The molecule has 4 rings (SSSR count). The van der Waals surface area contributed by atoms with Crippen LogP contribution in [-0.2, 0) is 16.0 Å². The minimum atomic E-state index is -1.25. The first-order valence-electron chi connectivity index (χ1n) is 13.1. The van der Waals surface area contributed by atoms with Crippen molar-refractivity contribution in [3.8, 4) is 11.5 Å². The summed E-state index contributed by atoms with van der Waals surface area (Å²) in [5.74, 6) is -1.36. The molecule has 0 spiro atoms. The van der Waals surface area contributed by atoms with Crippen molar-refractivity contribution in [1.29, 1.82) is 0 Å². The summed E-state index contributed by atoms with van der Waals surface area (Å²) in [6.45, 7) is 3.54. The first-order valence-corrected chi connectivity index (χ1v) is 13.1. The molecule has 0 bridgehead atoms. The van der Waals surface area contributed by atoms with Crippen LogP contribution in [-0.4, -0.2) is 78.3 Å². The van der Waals surface area contributed by atoms with Crippen LogP contribution < -0.4 is 14.8 Å². The number of hydrogen-bond acceptors (Lipinski definition) is 7. The van der Waals surface area contributed by atoms with Crippen molar-refractivity contribution >= 4 is 18.1 Å². The van der Waals surface area contributed by atoms with E-state index < -0.39 is 35.9 Å². The van der Waals surface area contributed by atoms with Gasteiger partial charge in [0.2, 0.25) is 11.8 Å². The van der Waals surface area contributed by atoms with Crippen LogP contribution in [0.15, 0.2) is 60.7 Å². The van der Waals surface area contributed by atoms with Gasteiger partial charge in [-0.3, -0.25) is 14.4 Å². The summed E-state index contributed by atoms with van der Waals surface area (Å²) in [6.07, 6.45) is 2.44. The minimum Gasteiger partial charge on any atom is -0.493 e. The van der Waals surface area contributed by atoms with Gasteiger partial charge in [0, 0.05) is 36.2 Å². The van der Waals surface area contributed by atoms with Crippen LogP contribution in [0.3, 0.4) is 0 Å². The summed E-state index contributed by atoms with van der Waals surface area (Å²) in [6, 6.07) is 8.20. The predicted octanol–water partition coefficient (Wildman–Crippen LogP) is 2.31. The van der Waals surface area contributed by atoms with Crippen molar-refractivity contribution in [3.63, 3.8) is 0 Å². The highest BCUT2D eigenvalue weighted by Crippen LogP contribution is 2.51. The molecule has 9 nitrogen and oxygen atoms in total. The molecule has 0 unspecified atom stereocenters. The number of fused-ring (bicyclic) bond motifs is 3. The second kappa shape index (κ2) is 12.9. The van der Waals surface area contributed by atoms with Crippen molar-refractivity contribution in [2.75, 3.05) is 26.8 Å². The fourth-order valence-electron chi connectivity index (χ4n) is 5.31. The molecule has 0 radical (unpaired) electrons. The molecule has 1 aliphatic heterocycles. The zero-order chi connectivity index (χ0) is 28.8. The number of aliphatic hydroxyl groups excluding tert-OH is 2. The molecule has 0 saturated carbocycles. The Kier molecular flexibility index (Phi) is 9.34. The molecule has 0 saturated heterocycles. The lowest BCUT2D eigenvalue weighted by molar-refractivity contribution is -0.137. The van der Waals surface area contributed by atoms with Crippen LogP contribution in [0.4, 0.5) is 4.39 Å². The number of ether oxygens (including phenoxy) is 2. The highest BCUT2D eigenvalue weighted by atomic mass is 19.1. The van der Waals surface area contributed by atoms with E-state index in [1.807, 2.05) is 0 Å². The Morgan fingerprint density at radius 2 is 2.08 bits per heavy atom. The Balaban J connectivity index is 1.77. The molecule has 2 amide bonds. The summed E-state index contributed by atoms with van der Waals surface area (Å²) in [4.78, 5) is 39.9. The number of carbonyl (C=O) groups is 3. The summed E-state index contributed by atoms with van der Waals surface area (Å²) < 4.78 is 25.4. The van der Waals surface area contributed by atoms with E-state index in [0.717, 1.165) is 0 Å². The highest BCUT2D eigenvalue weighted by Gasteiger charge is 2.51. The van der Waals surface area contributed by atoms with Gasteiger partial charge >= 0.3 is 0 Å². The maximum absolute atomic E-state index is 13.8. The Bertz CT molecular complexity index is 1310. The second-order valence-corrected chi connectivity index (χ2v) is 9.70. The smallest absolute Gasteiger partial charge is 0.247 e. The third-order valence-electron chi connectivity index (χ3n) is 7.18. The van der Waals surface area contributed by atoms with Gasteiger partial charge in [-0.15, -0.1) is 6.58 Å². The second-order valence-electron chi connectivity index (χ2n) is 9.70. The highest BCUT2D eigenvalue weighted by molar-refractivity contribution is 5.96. The van der Waals surface area contributed by atoms with Crippen molar-refractivity contribution in [3.05, 3.63) is 83.2 Å². The average Bonchev–Trinajstić information content (AvgIpc) is 3.35. The first kappa shape index (κ1) is 29.0. The van der Waals surface area contributed by atoms with Crippen LogP contribution >= 0.6 is 0 Å². The monoisotopic (exact) mass is 552 g/mol. The number of carbonyl (C=O) groups excluding carboxylic acids is 3. The number of hydrogen-bond donors (Lipinski definition) is 3. The Morgan fingerprint density at radius 1 is 1.27 bits per heavy atom. The number of aldehydes is 1. The Labute approximate surface area is 231 Å². The van der Waals surface area contributed by atoms with Crippen molar-refractivity contribution < 1.29 is 38.5 Å². The van der Waals surface area contributed by atoms with Gasteiger partial charge in [0.05, 0.1) is 25.7 Å². The molecule has 0 aromatic heterocycles. The van der Waals surface area contributed by atoms with Crippen molar-refractivity contribution in [2.45, 2.75) is 43.4 Å². The fraction of sp³-hybridized carbons (Fsp3) is 0.367. The van der Waals surface area contributed by atoms with Gasteiger partial charge in [-0.2, -0.15) is 0 Å². The number of benzene rings is 2. The van der Waals surface area contributed by atoms with Gasteiger partial charge < -0.3 is 29.9 Å². The summed E-state index contributed by atoms with van der Waals surface area (Å²) in [7, 11) is 1.42. The number of amides is 2. The van der Waals surface area contributed by atoms with E-state index >= 15 is 0 Å². The molecule has 10 heteroatoms. The van der Waals surface area contributed by atoms with E-state index in [1.54, 1.807) is 30.4 Å². The minimum absolute atomic E-state index is 0.00621. The number of methoxy groups -OCH3 is 1. The van der Waals surface area contributed by atoms with E-state index in [9.17, 15) is 29.0 Å². The molecule has 3 N–H and O–H groups in total. The number of aliphatic hydroxyl groups is 2. The first-order chi connectivity index (χ1) is 19.3. The summed E-state index contributed by atoms with van der Waals surface area (Å²) in [5, 5.41) is 23.6. The maximum atomic E-state index is 13.8. The van der Waals surface area contributed by atoms with Gasteiger partial charge in [-0.05, 0) is 48.7 Å². The van der Waals surface area contributed by atoms with Crippen LogP contribution in [0.1, 0.15) is 40.2 Å². The normalized spacial score (nSPS) is 20.9. The van der Waals surface area contributed by atoms with Crippen LogP contribution in [0.2, 0.25) is 0 Å². The number of rotatable bonds is 12. The lowest BCUT2D eigenvalue weighted by Gasteiger charge is -2.41. The van der Waals surface area contributed by atoms with Gasteiger partial charge in [0.1, 0.15) is 24.3 Å². The fourth-order valence-corrected chi connectivity index (χ4v) is 5.31. The van der Waals surface area contributed by atoms with Crippen LogP contribution in [0.5, 0.6) is 11.5 Å². The zero-order valence-corrected chi connectivity index (χ0v) is 22.2. The molecule has 2 aromatic carbocycles. The largest absolute Gasteiger partial charge is 0.493 e. The van der Waals surface area contributed by atoms with Gasteiger partial charge in [0.15, 0.2) is 11.5 Å². The van der Waals surface area contributed by atoms with E-state index in [2.05, 4.69) is 11.9 Å². The van der Waals surface area contributed by atoms with Gasteiger partial charge in [0.25, 0.3) is 0 Å². The predicted molar refractivity (Wildman–Crippen MR) is 145 cm³/mol. The Hall–Kier alpha value is -4.02. The molecule has 2 aromatic rings. The quantitative estimate of drug-likeness (QED) is 0.273. The van der Waals surface area contributed by atoms with Crippen molar-refractivity contribution in [2.24, 2.45) is 0 Å². The summed E-state index contributed by atoms with van der Waals surface area (Å²) >= 11 is 0. The van der Waals surface area contributed by atoms with E-state index in [4.69, 9.17) is 9.47 Å². The molecule has 1 heterocycles.